The summed E-state index contributed by atoms with van der Waals surface area (Å²) in [6.07, 6.45) is 13.9. The first-order valence-electron chi connectivity index (χ1n) is 9.23. The zero-order chi connectivity index (χ0) is 16.7. The Kier molecular flexibility index (Phi) is 14.5. The predicted molar refractivity (Wildman–Crippen MR) is 99.6 cm³/mol. The van der Waals surface area contributed by atoms with Gasteiger partial charge in [-0.15, -0.1) is 0 Å². The highest BCUT2D eigenvalue weighted by atomic mass is 79.9. The maximum atomic E-state index is 11.8. The maximum absolute atomic E-state index is 11.8. The molecule has 0 aromatic carbocycles. The number of hydrogen-bond acceptors (Lipinski definition) is 2. The molecule has 0 saturated carbocycles. The third-order valence-electron chi connectivity index (χ3n) is 4.25. The van der Waals surface area contributed by atoms with Crippen molar-refractivity contribution < 1.29 is 9.53 Å². The van der Waals surface area contributed by atoms with Crippen LogP contribution in [0.15, 0.2) is 0 Å². The number of unbranched alkanes of at least 4 members (excludes halogenated alkanes) is 7. The summed E-state index contributed by atoms with van der Waals surface area (Å²) in [5, 5.41) is 1.07. The van der Waals surface area contributed by atoms with Gasteiger partial charge in [0.2, 0.25) is 0 Å². The first-order chi connectivity index (χ1) is 10.5. The molecular formula is C19H37BrO2. The molecule has 0 fully saturated rings. The zero-order valence-electron chi connectivity index (χ0n) is 15.1. The number of carbonyl (C=O) groups is 1. The second-order valence-electron chi connectivity index (χ2n) is 7.15. The second-order valence-corrected chi connectivity index (χ2v) is 7.95. The fraction of sp³-hybridized carbons (Fsp3) is 0.947. The van der Waals surface area contributed by atoms with E-state index in [9.17, 15) is 4.79 Å². The average Bonchev–Trinajstić information content (AvgIpc) is 2.48. The van der Waals surface area contributed by atoms with Crippen LogP contribution < -0.4 is 0 Å². The highest BCUT2D eigenvalue weighted by Crippen LogP contribution is 2.29. The maximum Gasteiger partial charge on any atom is 0.305 e. The molecule has 0 aliphatic rings. The molecule has 0 atom stereocenters. The summed E-state index contributed by atoms with van der Waals surface area (Å²) in [5.41, 5.74) is 0.250. The summed E-state index contributed by atoms with van der Waals surface area (Å²) in [6, 6.07) is 0. The van der Waals surface area contributed by atoms with Crippen molar-refractivity contribution in [3.8, 4) is 0 Å². The molecule has 0 N–H and O–H groups in total. The first-order valence-corrected chi connectivity index (χ1v) is 10.4. The minimum atomic E-state index is -0.0143. The summed E-state index contributed by atoms with van der Waals surface area (Å²) in [7, 11) is 0. The van der Waals surface area contributed by atoms with Crippen LogP contribution in [0.3, 0.4) is 0 Å². The van der Waals surface area contributed by atoms with Gasteiger partial charge in [0.1, 0.15) is 0 Å². The quantitative estimate of drug-likeness (QED) is 0.181. The van der Waals surface area contributed by atoms with Crippen molar-refractivity contribution in [2.75, 3.05) is 11.9 Å². The predicted octanol–water partition coefficient (Wildman–Crippen LogP) is 6.65. The fourth-order valence-corrected chi connectivity index (χ4v) is 2.98. The molecule has 0 aliphatic heterocycles. The summed E-state index contributed by atoms with van der Waals surface area (Å²) in [4.78, 5) is 11.8. The molecule has 0 aromatic heterocycles. The first kappa shape index (κ1) is 21.9. The van der Waals surface area contributed by atoms with Gasteiger partial charge in [-0.3, -0.25) is 4.79 Å². The minimum absolute atomic E-state index is 0.0143. The lowest BCUT2D eigenvalue weighted by Crippen LogP contribution is -2.15. The van der Waals surface area contributed by atoms with Gasteiger partial charge in [0.05, 0.1) is 6.61 Å². The molecule has 2 nitrogen and oxygen atoms in total. The van der Waals surface area contributed by atoms with Crippen LogP contribution in [0.5, 0.6) is 0 Å². The number of hydrogen-bond donors (Lipinski definition) is 0. The van der Waals surface area contributed by atoms with Crippen LogP contribution in [-0.2, 0) is 9.53 Å². The molecular weight excluding hydrogens is 340 g/mol. The summed E-state index contributed by atoms with van der Waals surface area (Å²) in [6.45, 7) is 7.36. The number of alkyl halides is 1. The van der Waals surface area contributed by atoms with Gasteiger partial charge in [-0.1, -0.05) is 81.6 Å². The summed E-state index contributed by atoms with van der Waals surface area (Å²) in [5.74, 6) is -0.0143. The van der Waals surface area contributed by atoms with Crippen molar-refractivity contribution in [2.45, 2.75) is 97.8 Å². The van der Waals surface area contributed by atoms with Crippen LogP contribution in [0.1, 0.15) is 97.8 Å². The van der Waals surface area contributed by atoms with E-state index in [0.717, 1.165) is 18.2 Å². The van der Waals surface area contributed by atoms with Crippen LogP contribution >= 0.6 is 15.9 Å². The van der Waals surface area contributed by atoms with E-state index in [4.69, 9.17) is 4.74 Å². The number of halogens is 1. The van der Waals surface area contributed by atoms with Crippen molar-refractivity contribution in [1.82, 2.24) is 0 Å². The lowest BCUT2D eigenvalue weighted by Gasteiger charge is -2.23. The van der Waals surface area contributed by atoms with Crippen LogP contribution in [-0.4, -0.2) is 17.9 Å². The summed E-state index contributed by atoms with van der Waals surface area (Å²) < 4.78 is 5.34. The molecule has 0 bridgehead atoms. The Bertz CT molecular complexity index is 264. The van der Waals surface area contributed by atoms with Crippen molar-refractivity contribution in [1.29, 1.82) is 0 Å². The van der Waals surface area contributed by atoms with Crippen LogP contribution in [0.25, 0.3) is 0 Å². The third-order valence-corrected chi connectivity index (χ3v) is 4.81. The highest BCUT2D eigenvalue weighted by Gasteiger charge is 2.19. The van der Waals surface area contributed by atoms with E-state index < -0.39 is 0 Å². The standard InChI is InChI=1S/C19H37BrO2/c1-4-5-6-7-8-9-12-17-22-18(21)13-15-19(2,3)14-10-11-16-20/h4-17H2,1-3H3. The molecule has 0 radical (unpaired) electrons. The minimum Gasteiger partial charge on any atom is -0.466 e. The van der Waals surface area contributed by atoms with Gasteiger partial charge >= 0.3 is 5.97 Å². The molecule has 0 spiro atoms. The van der Waals surface area contributed by atoms with Crippen LogP contribution in [0.4, 0.5) is 0 Å². The Morgan fingerprint density at radius 3 is 2.18 bits per heavy atom. The van der Waals surface area contributed by atoms with E-state index in [0.29, 0.717) is 13.0 Å². The average molecular weight is 377 g/mol. The molecule has 0 aromatic rings. The Balaban J connectivity index is 3.49. The molecule has 0 unspecified atom stereocenters. The van der Waals surface area contributed by atoms with E-state index in [2.05, 4.69) is 36.7 Å². The lowest BCUT2D eigenvalue weighted by molar-refractivity contribution is -0.144. The molecule has 0 heterocycles. The monoisotopic (exact) mass is 376 g/mol. The molecule has 0 aliphatic carbocycles. The van der Waals surface area contributed by atoms with Gasteiger partial charge in [-0.05, 0) is 31.1 Å². The van der Waals surface area contributed by atoms with E-state index >= 15 is 0 Å². The third kappa shape index (κ3) is 14.9. The van der Waals surface area contributed by atoms with E-state index in [1.807, 2.05) is 0 Å². The molecule has 3 heteroatoms. The van der Waals surface area contributed by atoms with Crippen molar-refractivity contribution in [3.05, 3.63) is 0 Å². The van der Waals surface area contributed by atoms with Gasteiger partial charge in [0.25, 0.3) is 0 Å². The molecule has 132 valence electrons. The number of esters is 1. The summed E-state index contributed by atoms with van der Waals surface area (Å²) >= 11 is 3.46. The largest absolute Gasteiger partial charge is 0.466 e. The Labute approximate surface area is 146 Å². The Morgan fingerprint density at radius 1 is 0.909 bits per heavy atom. The van der Waals surface area contributed by atoms with Crippen molar-refractivity contribution in [2.24, 2.45) is 5.41 Å². The number of rotatable bonds is 15. The van der Waals surface area contributed by atoms with Gasteiger partial charge in [0.15, 0.2) is 0 Å². The van der Waals surface area contributed by atoms with E-state index in [-0.39, 0.29) is 11.4 Å². The zero-order valence-corrected chi connectivity index (χ0v) is 16.7. The molecule has 0 rings (SSSR count). The SMILES string of the molecule is CCCCCCCCCOC(=O)CCC(C)(C)CCCCBr. The van der Waals surface area contributed by atoms with Crippen molar-refractivity contribution in [3.63, 3.8) is 0 Å². The van der Waals surface area contributed by atoms with Gasteiger partial charge in [0, 0.05) is 11.8 Å². The fourth-order valence-electron chi connectivity index (χ4n) is 2.58. The Hall–Kier alpha value is -0.0500. The van der Waals surface area contributed by atoms with Crippen LogP contribution in [0, 0.1) is 5.41 Å². The number of ether oxygens (including phenoxy) is 1. The van der Waals surface area contributed by atoms with Gasteiger partial charge in [-0.2, -0.15) is 0 Å². The second kappa shape index (κ2) is 14.5. The lowest BCUT2D eigenvalue weighted by atomic mass is 9.83. The molecule has 0 amide bonds. The van der Waals surface area contributed by atoms with Gasteiger partial charge < -0.3 is 4.74 Å². The highest BCUT2D eigenvalue weighted by molar-refractivity contribution is 9.09. The Morgan fingerprint density at radius 2 is 1.55 bits per heavy atom. The van der Waals surface area contributed by atoms with E-state index in [1.54, 1.807) is 0 Å². The van der Waals surface area contributed by atoms with Crippen LogP contribution in [0.2, 0.25) is 0 Å². The normalized spacial score (nSPS) is 11.6. The van der Waals surface area contributed by atoms with Gasteiger partial charge in [-0.25, -0.2) is 0 Å². The smallest absolute Gasteiger partial charge is 0.305 e. The van der Waals surface area contributed by atoms with E-state index in [1.165, 1.54) is 57.8 Å². The van der Waals surface area contributed by atoms with Crippen molar-refractivity contribution >= 4 is 21.9 Å². The number of carbonyl (C=O) groups excluding carboxylic acids is 1. The molecule has 22 heavy (non-hydrogen) atoms. The molecule has 0 saturated heterocycles. The topological polar surface area (TPSA) is 26.3 Å².